The second-order valence-electron chi connectivity index (χ2n) is 5.17. The average molecular weight is 234 g/mol. The lowest BCUT2D eigenvalue weighted by molar-refractivity contribution is 0.172. The first-order valence-corrected chi connectivity index (χ1v) is 6.27. The summed E-state index contributed by atoms with van der Waals surface area (Å²) in [5.41, 5.74) is 8.28. The molecule has 17 heavy (non-hydrogen) atoms. The highest BCUT2D eigenvalue weighted by Gasteiger charge is 2.35. The van der Waals surface area contributed by atoms with Crippen molar-refractivity contribution >= 4 is 5.69 Å². The molecule has 3 heteroatoms. The standard InChI is InChI=1S/C14H22N2O/c1-11-3-5-13(6-4-11)16-14(2,10-15)12-7-8-17-9-12/h3-6,12,16H,7-10,15H2,1-2H3. The van der Waals surface area contributed by atoms with Crippen molar-refractivity contribution in [3.63, 3.8) is 0 Å². The van der Waals surface area contributed by atoms with Gasteiger partial charge < -0.3 is 15.8 Å². The van der Waals surface area contributed by atoms with Crippen molar-refractivity contribution < 1.29 is 4.74 Å². The molecule has 1 aliphatic rings. The van der Waals surface area contributed by atoms with Gasteiger partial charge in [0, 0.05) is 24.8 Å². The molecule has 1 heterocycles. The largest absolute Gasteiger partial charge is 0.381 e. The first-order valence-electron chi connectivity index (χ1n) is 6.27. The predicted molar refractivity (Wildman–Crippen MR) is 71.2 cm³/mol. The van der Waals surface area contributed by atoms with Gasteiger partial charge in [0.1, 0.15) is 0 Å². The third-order valence-electron chi connectivity index (χ3n) is 3.74. The molecule has 3 nitrogen and oxygen atoms in total. The quantitative estimate of drug-likeness (QED) is 0.839. The minimum absolute atomic E-state index is 0.0776. The monoisotopic (exact) mass is 234 g/mol. The van der Waals surface area contributed by atoms with Crippen LogP contribution < -0.4 is 11.1 Å². The van der Waals surface area contributed by atoms with Crippen LogP contribution in [0.25, 0.3) is 0 Å². The Labute approximate surface area is 103 Å². The second-order valence-corrected chi connectivity index (χ2v) is 5.17. The number of anilines is 1. The van der Waals surface area contributed by atoms with Gasteiger partial charge in [0.15, 0.2) is 0 Å². The van der Waals surface area contributed by atoms with Gasteiger partial charge in [-0.2, -0.15) is 0 Å². The van der Waals surface area contributed by atoms with Crippen LogP contribution in [-0.2, 0) is 4.74 Å². The zero-order chi connectivity index (χ0) is 12.3. The lowest BCUT2D eigenvalue weighted by Crippen LogP contribution is -2.49. The lowest BCUT2D eigenvalue weighted by Gasteiger charge is -2.35. The predicted octanol–water partition coefficient (Wildman–Crippen LogP) is 2.16. The molecule has 1 saturated heterocycles. The molecular formula is C14H22N2O. The molecule has 0 amide bonds. The molecule has 2 atom stereocenters. The maximum atomic E-state index is 5.95. The molecule has 2 rings (SSSR count). The number of hydrogen-bond donors (Lipinski definition) is 2. The number of hydrogen-bond acceptors (Lipinski definition) is 3. The fourth-order valence-electron chi connectivity index (χ4n) is 2.32. The van der Waals surface area contributed by atoms with E-state index in [0.29, 0.717) is 12.5 Å². The fourth-order valence-corrected chi connectivity index (χ4v) is 2.32. The van der Waals surface area contributed by atoms with Crippen LogP contribution in [0, 0.1) is 12.8 Å². The summed E-state index contributed by atoms with van der Waals surface area (Å²) in [6.45, 7) is 6.57. The molecule has 0 aromatic heterocycles. The zero-order valence-electron chi connectivity index (χ0n) is 10.7. The Morgan fingerprint density at radius 2 is 2.12 bits per heavy atom. The molecule has 1 aliphatic heterocycles. The summed E-state index contributed by atoms with van der Waals surface area (Å²) in [6, 6.07) is 8.45. The Morgan fingerprint density at radius 1 is 1.41 bits per heavy atom. The summed E-state index contributed by atoms with van der Waals surface area (Å²) in [5.74, 6) is 0.494. The van der Waals surface area contributed by atoms with Crippen molar-refractivity contribution in [2.75, 3.05) is 25.1 Å². The van der Waals surface area contributed by atoms with Gasteiger partial charge in [0.2, 0.25) is 0 Å². The van der Waals surface area contributed by atoms with Gasteiger partial charge >= 0.3 is 0 Å². The number of aryl methyl sites for hydroxylation is 1. The van der Waals surface area contributed by atoms with E-state index >= 15 is 0 Å². The van der Waals surface area contributed by atoms with Crippen LogP contribution in [0.5, 0.6) is 0 Å². The Hall–Kier alpha value is -1.06. The molecule has 0 spiro atoms. The third-order valence-corrected chi connectivity index (χ3v) is 3.74. The molecular weight excluding hydrogens is 212 g/mol. The molecule has 0 saturated carbocycles. The van der Waals surface area contributed by atoms with Gasteiger partial charge in [-0.25, -0.2) is 0 Å². The van der Waals surface area contributed by atoms with Gasteiger partial charge in [0.05, 0.1) is 12.1 Å². The van der Waals surface area contributed by atoms with E-state index in [2.05, 4.69) is 43.4 Å². The van der Waals surface area contributed by atoms with Gasteiger partial charge in [-0.3, -0.25) is 0 Å². The van der Waals surface area contributed by atoms with Crippen molar-refractivity contribution in [1.82, 2.24) is 0 Å². The highest BCUT2D eigenvalue weighted by molar-refractivity contribution is 5.47. The summed E-state index contributed by atoms with van der Waals surface area (Å²) in [4.78, 5) is 0. The van der Waals surface area contributed by atoms with Crippen LogP contribution in [0.3, 0.4) is 0 Å². The summed E-state index contributed by atoms with van der Waals surface area (Å²) in [5, 5.41) is 3.57. The summed E-state index contributed by atoms with van der Waals surface area (Å²) in [7, 11) is 0. The van der Waals surface area contributed by atoms with Crippen LogP contribution in [-0.4, -0.2) is 25.3 Å². The van der Waals surface area contributed by atoms with Gasteiger partial charge in [0.25, 0.3) is 0 Å². The highest BCUT2D eigenvalue weighted by atomic mass is 16.5. The molecule has 0 bridgehead atoms. The first kappa shape index (κ1) is 12.4. The van der Waals surface area contributed by atoms with Crippen molar-refractivity contribution in [3.05, 3.63) is 29.8 Å². The van der Waals surface area contributed by atoms with Crippen LogP contribution in [0.2, 0.25) is 0 Å². The molecule has 3 N–H and O–H groups in total. The molecule has 1 fully saturated rings. The Bertz CT molecular complexity index is 357. The van der Waals surface area contributed by atoms with Crippen molar-refractivity contribution in [2.45, 2.75) is 25.8 Å². The van der Waals surface area contributed by atoms with E-state index in [-0.39, 0.29) is 5.54 Å². The van der Waals surface area contributed by atoms with Crippen molar-refractivity contribution in [1.29, 1.82) is 0 Å². The van der Waals surface area contributed by atoms with Crippen LogP contribution in [0.1, 0.15) is 18.9 Å². The maximum absolute atomic E-state index is 5.95. The van der Waals surface area contributed by atoms with Crippen molar-refractivity contribution in [3.8, 4) is 0 Å². The Balaban J connectivity index is 2.10. The van der Waals surface area contributed by atoms with E-state index in [1.54, 1.807) is 0 Å². The normalized spacial score (nSPS) is 23.4. The maximum Gasteiger partial charge on any atom is 0.0518 e. The SMILES string of the molecule is Cc1ccc(NC(C)(CN)C2CCOC2)cc1. The number of ether oxygens (including phenoxy) is 1. The van der Waals surface area contributed by atoms with E-state index in [1.165, 1.54) is 5.56 Å². The third kappa shape index (κ3) is 2.79. The van der Waals surface area contributed by atoms with Crippen LogP contribution >= 0.6 is 0 Å². The van der Waals surface area contributed by atoms with Gasteiger partial charge in [-0.1, -0.05) is 17.7 Å². The summed E-state index contributed by atoms with van der Waals surface area (Å²) >= 11 is 0. The van der Waals surface area contributed by atoms with Crippen molar-refractivity contribution in [2.24, 2.45) is 11.7 Å². The average Bonchev–Trinajstić information content (AvgIpc) is 2.86. The number of nitrogens with one attached hydrogen (secondary N) is 1. The molecule has 94 valence electrons. The summed E-state index contributed by atoms with van der Waals surface area (Å²) in [6.07, 6.45) is 1.09. The molecule has 1 aromatic rings. The number of rotatable bonds is 4. The van der Waals surface area contributed by atoms with E-state index < -0.39 is 0 Å². The number of benzene rings is 1. The molecule has 0 aliphatic carbocycles. The van der Waals surface area contributed by atoms with Crippen LogP contribution in [0.4, 0.5) is 5.69 Å². The first-order chi connectivity index (χ1) is 8.14. The van der Waals surface area contributed by atoms with Gasteiger partial charge in [-0.15, -0.1) is 0 Å². The topological polar surface area (TPSA) is 47.3 Å². The zero-order valence-corrected chi connectivity index (χ0v) is 10.7. The Morgan fingerprint density at radius 3 is 2.65 bits per heavy atom. The highest BCUT2D eigenvalue weighted by Crippen LogP contribution is 2.28. The second kappa shape index (κ2) is 5.07. The number of nitrogens with two attached hydrogens (primary N) is 1. The molecule has 0 radical (unpaired) electrons. The van der Waals surface area contributed by atoms with E-state index in [9.17, 15) is 0 Å². The molecule has 1 aromatic carbocycles. The van der Waals surface area contributed by atoms with Gasteiger partial charge in [-0.05, 0) is 32.4 Å². The van der Waals surface area contributed by atoms with Crippen LogP contribution in [0.15, 0.2) is 24.3 Å². The Kier molecular flexibility index (Phi) is 3.69. The fraction of sp³-hybridized carbons (Fsp3) is 0.571. The summed E-state index contributed by atoms with van der Waals surface area (Å²) < 4.78 is 5.47. The van der Waals surface area contributed by atoms with E-state index in [1.807, 2.05) is 0 Å². The smallest absolute Gasteiger partial charge is 0.0518 e. The molecule has 2 unspecified atom stereocenters. The van der Waals surface area contributed by atoms with E-state index in [4.69, 9.17) is 10.5 Å². The lowest BCUT2D eigenvalue weighted by atomic mass is 9.84. The minimum atomic E-state index is -0.0776. The minimum Gasteiger partial charge on any atom is -0.381 e. The van der Waals surface area contributed by atoms with E-state index in [0.717, 1.165) is 25.3 Å².